The third-order valence-corrected chi connectivity index (χ3v) is 2.94. The Kier molecular flexibility index (Phi) is 4.34. The van der Waals surface area contributed by atoms with Crippen molar-refractivity contribution < 1.29 is 5.11 Å². The molecular weight excluding hydrogens is 210 g/mol. The average Bonchev–Trinajstić information content (AvgIpc) is 2.15. The van der Waals surface area contributed by atoms with Crippen molar-refractivity contribution in [3.05, 3.63) is 35.4 Å². The molecule has 0 aromatic heterocycles. The predicted molar refractivity (Wildman–Crippen MR) is 73.1 cm³/mol. The second kappa shape index (κ2) is 5.19. The van der Waals surface area contributed by atoms with Gasteiger partial charge in [0.2, 0.25) is 0 Å². The van der Waals surface area contributed by atoms with E-state index in [0.29, 0.717) is 6.42 Å². The maximum Gasteiger partial charge on any atom is 0.0880 e. The zero-order chi connectivity index (χ0) is 13.1. The quantitative estimate of drug-likeness (QED) is 0.841. The molecule has 2 heteroatoms. The van der Waals surface area contributed by atoms with E-state index in [1.807, 2.05) is 31.2 Å². The molecule has 0 radical (unpaired) electrons. The van der Waals surface area contributed by atoms with Crippen molar-refractivity contribution in [3.8, 4) is 0 Å². The van der Waals surface area contributed by atoms with E-state index in [-0.39, 0.29) is 5.54 Å². The molecule has 1 rings (SSSR count). The van der Waals surface area contributed by atoms with Gasteiger partial charge in [0.05, 0.1) is 5.60 Å². The van der Waals surface area contributed by atoms with Gasteiger partial charge in [-0.2, -0.15) is 0 Å². The highest BCUT2D eigenvalue weighted by Gasteiger charge is 2.23. The summed E-state index contributed by atoms with van der Waals surface area (Å²) in [5.74, 6) is 0. The van der Waals surface area contributed by atoms with E-state index >= 15 is 0 Å². The third-order valence-electron chi connectivity index (χ3n) is 2.94. The van der Waals surface area contributed by atoms with E-state index < -0.39 is 5.60 Å². The van der Waals surface area contributed by atoms with Crippen LogP contribution in [0.15, 0.2) is 24.3 Å². The smallest absolute Gasteiger partial charge is 0.0880 e. The predicted octanol–water partition coefficient (Wildman–Crippen LogP) is 2.98. The standard InChI is InChI=1S/C15H25NO/c1-12-6-8-13(9-7-12)15(5,17)10-11-16-14(2,3)4/h6-9,16-17H,10-11H2,1-5H3. The van der Waals surface area contributed by atoms with Gasteiger partial charge in [0.25, 0.3) is 0 Å². The molecule has 1 aromatic rings. The van der Waals surface area contributed by atoms with Crippen LogP contribution in [-0.4, -0.2) is 17.2 Å². The third kappa shape index (κ3) is 4.88. The molecule has 17 heavy (non-hydrogen) atoms. The average molecular weight is 235 g/mol. The van der Waals surface area contributed by atoms with Gasteiger partial charge in [-0.1, -0.05) is 29.8 Å². The van der Waals surface area contributed by atoms with Crippen LogP contribution in [-0.2, 0) is 5.60 Å². The first-order chi connectivity index (χ1) is 7.71. The molecule has 0 amide bonds. The molecule has 2 N–H and O–H groups in total. The summed E-state index contributed by atoms with van der Waals surface area (Å²) in [5, 5.41) is 13.8. The summed E-state index contributed by atoms with van der Waals surface area (Å²) >= 11 is 0. The highest BCUT2D eigenvalue weighted by atomic mass is 16.3. The zero-order valence-electron chi connectivity index (χ0n) is 11.7. The number of hydrogen-bond donors (Lipinski definition) is 2. The van der Waals surface area contributed by atoms with Crippen LogP contribution in [0.25, 0.3) is 0 Å². The van der Waals surface area contributed by atoms with Crippen LogP contribution in [0.4, 0.5) is 0 Å². The number of aryl methyl sites for hydroxylation is 1. The molecule has 0 saturated heterocycles. The maximum atomic E-state index is 10.4. The number of hydrogen-bond acceptors (Lipinski definition) is 2. The topological polar surface area (TPSA) is 32.3 Å². The summed E-state index contributed by atoms with van der Waals surface area (Å²) < 4.78 is 0. The first-order valence-electron chi connectivity index (χ1n) is 6.25. The van der Waals surface area contributed by atoms with Gasteiger partial charge in [0.15, 0.2) is 0 Å². The van der Waals surface area contributed by atoms with Gasteiger partial charge in [-0.25, -0.2) is 0 Å². The molecule has 1 aromatic carbocycles. The molecule has 2 nitrogen and oxygen atoms in total. The van der Waals surface area contributed by atoms with E-state index in [1.54, 1.807) is 0 Å². The van der Waals surface area contributed by atoms with Crippen LogP contribution < -0.4 is 5.32 Å². The molecule has 0 spiro atoms. The Balaban J connectivity index is 2.59. The summed E-state index contributed by atoms with van der Waals surface area (Å²) in [6.07, 6.45) is 0.716. The summed E-state index contributed by atoms with van der Waals surface area (Å²) in [4.78, 5) is 0. The Morgan fingerprint density at radius 1 is 1.06 bits per heavy atom. The van der Waals surface area contributed by atoms with Crippen LogP contribution in [0.2, 0.25) is 0 Å². The van der Waals surface area contributed by atoms with Crippen molar-refractivity contribution in [3.63, 3.8) is 0 Å². The number of nitrogens with one attached hydrogen (secondary N) is 1. The molecular formula is C15H25NO. The minimum Gasteiger partial charge on any atom is -0.385 e. The van der Waals surface area contributed by atoms with Gasteiger partial charge >= 0.3 is 0 Å². The van der Waals surface area contributed by atoms with Gasteiger partial charge < -0.3 is 10.4 Å². The van der Waals surface area contributed by atoms with Crippen molar-refractivity contribution in [2.45, 2.75) is 52.2 Å². The van der Waals surface area contributed by atoms with Gasteiger partial charge in [-0.15, -0.1) is 0 Å². The molecule has 1 atom stereocenters. The van der Waals surface area contributed by atoms with Crippen LogP contribution in [0.3, 0.4) is 0 Å². The molecule has 0 bridgehead atoms. The number of aliphatic hydroxyl groups is 1. The van der Waals surface area contributed by atoms with Crippen molar-refractivity contribution in [2.75, 3.05) is 6.54 Å². The lowest BCUT2D eigenvalue weighted by Crippen LogP contribution is -2.39. The van der Waals surface area contributed by atoms with Crippen molar-refractivity contribution in [1.29, 1.82) is 0 Å². The molecule has 0 aliphatic rings. The highest BCUT2D eigenvalue weighted by Crippen LogP contribution is 2.24. The Bertz CT molecular complexity index is 346. The fourth-order valence-electron chi connectivity index (χ4n) is 1.74. The second-order valence-electron chi connectivity index (χ2n) is 6.07. The van der Waals surface area contributed by atoms with E-state index in [0.717, 1.165) is 12.1 Å². The monoisotopic (exact) mass is 235 g/mol. The summed E-state index contributed by atoms with van der Waals surface area (Å²) in [5.41, 5.74) is 1.55. The minimum absolute atomic E-state index is 0.101. The molecule has 0 aliphatic heterocycles. The van der Waals surface area contributed by atoms with Crippen LogP contribution in [0.1, 0.15) is 45.2 Å². The van der Waals surface area contributed by atoms with Crippen molar-refractivity contribution in [1.82, 2.24) is 5.32 Å². The first-order valence-corrected chi connectivity index (χ1v) is 6.25. The zero-order valence-corrected chi connectivity index (χ0v) is 11.7. The second-order valence-corrected chi connectivity index (χ2v) is 6.07. The number of benzene rings is 1. The molecule has 1 unspecified atom stereocenters. The van der Waals surface area contributed by atoms with Gasteiger partial charge in [-0.05, 0) is 53.1 Å². The van der Waals surface area contributed by atoms with Crippen LogP contribution >= 0.6 is 0 Å². The van der Waals surface area contributed by atoms with E-state index in [1.165, 1.54) is 5.56 Å². The fraction of sp³-hybridized carbons (Fsp3) is 0.600. The Morgan fingerprint density at radius 3 is 2.06 bits per heavy atom. The first kappa shape index (κ1) is 14.2. The fourth-order valence-corrected chi connectivity index (χ4v) is 1.74. The molecule has 0 saturated carbocycles. The minimum atomic E-state index is -0.758. The van der Waals surface area contributed by atoms with Gasteiger partial charge in [0, 0.05) is 5.54 Å². The van der Waals surface area contributed by atoms with Crippen LogP contribution in [0, 0.1) is 6.92 Å². The SMILES string of the molecule is Cc1ccc(C(C)(O)CCNC(C)(C)C)cc1. The Hall–Kier alpha value is -0.860. The maximum absolute atomic E-state index is 10.4. The summed E-state index contributed by atoms with van der Waals surface area (Å²) in [6.45, 7) is 11.1. The van der Waals surface area contributed by atoms with E-state index in [4.69, 9.17) is 0 Å². The molecule has 0 aliphatic carbocycles. The highest BCUT2D eigenvalue weighted by molar-refractivity contribution is 5.25. The largest absolute Gasteiger partial charge is 0.385 e. The van der Waals surface area contributed by atoms with E-state index in [2.05, 4.69) is 33.0 Å². The molecule has 0 fully saturated rings. The summed E-state index contributed by atoms with van der Waals surface area (Å²) in [7, 11) is 0. The Labute approximate surface area is 105 Å². The van der Waals surface area contributed by atoms with Gasteiger partial charge in [-0.3, -0.25) is 0 Å². The molecule has 96 valence electrons. The lowest BCUT2D eigenvalue weighted by Gasteiger charge is -2.27. The normalized spacial score (nSPS) is 15.6. The lowest BCUT2D eigenvalue weighted by atomic mass is 9.91. The van der Waals surface area contributed by atoms with Crippen molar-refractivity contribution >= 4 is 0 Å². The summed E-state index contributed by atoms with van der Waals surface area (Å²) in [6, 6.07) is 8.10. The van der Waals surface area contributed by atoms with Crippen molar-refractivity contribution in [2.24, 2.45) is 0 Å². The lowest BCUT2D eigenvalue weighted by molar-refractivity contribution is 0.0464. The number of rotatable bonds is 4. The Morgan fingerprint density at radius 2 is 1.59 bits per heavy atom. The molecule has 0 heterocycles. The van der Waals surface area contributed by atoms with Crippen LogP contribution in [0.5, 0.6) is 0 Å². The van der Waals surface area contributed by atoms with Gasteiger partial charge in [0.1, 0.15) is 0 Å². The van der Waals surface area contributed by atoms with E-state index in [9.17, 15) is 5.11 Å².